The van der Waals surface area contributed by atoms with Gasteiger partial charge in [0, 0.05) is 12.5 Å². The Hall–Kier alpha value is -2.84. The zero-order valence-electron chi connectivity index (χ0n) is 15.7. The summed E-state index contributed by atoms with van der Waals surface area (Å²) in [7, 11) is 0. The van der Waals surface area contributed by atoms with Crippen molar-refractivity contribution in [2.75, 3.05) is 0 Å². The highest BCUT2D eigenvalue weighted by Crippen LogP contribution is 2.36. The first-order valence-electron chi connectivity index (χ1n) is 9.05. The monoisotopic (exact) mass is 418 g/mol. The van der Waals surface area contributed by atoms with Crippen molar-refractivity contribution in [2.45, 2.75) is 32.2 Å². The highest BCUT2D eigenvalue weighted by Gasteiger charge is 2.26. The van der Waals surface area contributed by atoms with Crippen molar-refractivity contribution in [1.82, 2.24) is 15.1 Å². The molecule has 2 aromatic heterocycles. The molecule has 1 atom stereocenters. The van der Waals surface area contributed by atoms with Gasteiger partial charge < -0.3 is 15.4 Å². The van der Waals surface area contributed by atoms with Gasteiger partial charge in [-0.2, -0.15) is 4.98 Å². The van der Waals surface area contributed by atoms with Crippen molar-refractivity contribution in [2.24, 2.45) is 11.7 Å². The molecule has 9 heteroatoms. The number of hydrogen-bond acceptors (Lipinski definition) is 6. The average Bonchev–Trinajstić information content (AvgIpc) is 3.41. The molecule has 0 radical (unpaired) electrons. The molecule has 1 aromatic carbocycles. The number of aromatic carboxylic acids is 1. The summed E-state index contributed by atoms with van der Waals surface area (Å²) in [6, 6.07) is 8.68. The van der Waals surface area contributed by atoms with E-state index < -0.39 is 11.8 Å². The summed E-state index contributed by atoms with van der Waals surface area (Å²) in [4.78, 5) is 18.8. The number of carboxylic acids is 1. The molecule has 0 saturated heterocycles. The Kier molecular flexibility index (Phi) is 6.56. The second-order valence-electron chi connectivity index (χ2n) is 6.80. The fourth-order valence-electron chi connectivity index (χ4n) is 2.65. The second kappa shape index (κ2) is 9.11. The minimum Gasteiger partial charge on any atom is -0.477 e. The third kappa shape index (κ3) is 5.82. The number of carbonyl (C=O) groups is 1. The van der Waals surface area contributed by atoms with Gasteiger partial charge in [0.2, 0.25) is 5.89 Å². The van der Waals surface area contributed by atoms with Crippen LogP contribution in [0.25, 0.3) is 11.3 Å². The SMILES string of the molecule is Cc1nc([C@@H](N)CC2CC2)no1.O=C(O)c1cccc(-c2ccc(F)c(Cl)c2)n1. The van der Waals surface area contributed by atoms with Gasteiger partial charge in [0.15, 0.2) is 5.82 Å². The van der Waals surface area contributed by atoms with Gasteiger partial charge in [-0.25, -0.2) is 14.2 Å². The number of benzene rings is 1. The predicted octanol–water partition coefficient (Wildman–Crippen LogP) is 4.42. The maximum Gasteiger partial charge on any atom is 0.354 e. The van der Waals surface area contributed by atoms with Crippen LogP contribution in [0.1, 0.15) is 47.5 Å². The van der Waals surface area contributed by atoms with Gasteiger partial charge in [-0.1, -0.05) is 35.7 Å². The highest BCUT2D eigenvalue weighted by molar-refractivity contribution is 6.31. The molecule has 4 rings (SSSR count). The molecule has 7 nitrogen and oxygen atoms in total. The van der Waals surface area contributed by atoms with E-state index in [1.165, 1.54) is 37.1 Å². The number of pyridine rings is 1. The van der Waals surface area contributed by atoms with E-state index in [2.05, 4.69) is 15.1 Å². The first-order valence-corrected chi connectivity index (χ1v) is 9.43. The molecule has 1 aliphatic rings. The Bertz CT molecular complexity index is 1010. The zero-order valence-corrected chi connectivity index (χ0v) is 16.4. The molecule has 152 valence electrons. The quantitative estimate of drug-likeness (QED) is 0.630. The van der Waals surface area contributed by atoms with Crippen LogP contribution >= 0.6 is 11.6 Å². The Labute approximate surface area is 171 Å². The number of carboxylic acid groups (broad SMARTS) is 1. The number of aryl methyl sites for hydroxylation is 1. The fraction of sp³-hybridized carbons (Fsp3) is 0.300. The third-order valence-electron chi connectivity index (χ3n) is 4.34. The standard InChI is InChI=1S/C12H7ClFNO2.C8H13N3O/c13-8-6-7(4-5-9(8)14)10-2-1-3-11(15-10)12(16)17;1-5-10-8(11-12-5)7(9)4-6-2-3-6/h1-6H,(H,16,17);6-7H,2-4,9H2,1H3/t;7-/m.0/s1. The van der Waals surface area contributed by atoms with Crippen molar-refractivity contribution in [3.8, 4) is 11.3 Å². The van der Waals surface area contributed by atoms with E-state index in [4.69, 9.17) is 27.0 Å². The summed E-state index contributed by atoms with van der Waals surface area (Å²) in [6.07, 6.45) is 3.62. The van der Waals surface area contributed by atoms with E-state index >= 15 is 0 Å². The van der Waals surface area contributed by atoms with Crippen LogP contribution in [0, 0.1) is 18.7 Å². The molecular formula is C20H20ClFN4O3. The maximum atomic E-state index is 13.0. The Morgan fingerprint density at radius 2 is 2.10 bits per heavy atom. The lowest BCUT2D eigenvalue weighted by molar-refractivity contribution is 0.0690. The van der Waals surface area contributed by atoms with Crippen LogP contribution in [-0.2, 0) is 0 Å². The molecule has 1 fully saturated rings. The molecule has 29 heavy (non-hydrogen) atoms. The number of nitrogens with zero attached hydrogens (tertiary/aromatic N) is 3. The summed E-state index contributed by atoms with van der Waals surface area (Å²) in [5, 5.41) is 12.6. The van der Waals surface area contributed by atoms with Crippen LogP contribution in [0.15, 0.2) is 40.9 Å². The summed E-state index contributed by atoms with van der Waals surface area (Å²) < 4.78 is 17.8. The van der Waals surface area contributed by atoms with Gasteiger partial charge >= 0.3 is 5.97 Å². The molecule has 0 bridgehead atoms. The molecule has 3 N–H and O–H groups in total. The number of halogens is 2. The topological polar surface area (TPSA) is 115 Å². The van der Waals surface area contributed by atoms with Crippen molar-refractivity contribution < 1.29 is 18.8 Å². The summed E-state index contributed by atoms with van der Waals surface area (Å²) in [5.74, 6) is 0.416. The molecular weight excluding hydrogens is 399 g/mol. The summed E-state index contributed by atoms with van der Waals surface area (Å²) in [6.45, 7) is 1.78. The van der Waals surface area contributed by atoms with Crippen molar-refractivity contribution in [3.05, 3.63) is 64.6 Å². The van der Waals surface area contributed by atoms with Gasteiger partial charge in [0.1, 0.15) is 11.5 Å². The molecule has 0 aliphatic heterocycles. The summed E-state index contributed by atoms with van der Waals surface area (Å²) in [5.41, 5.74) is 6.80. The number of aromatic nitrogens is 3. The number of rotatable bonds is 5. The zero-order chi connectivity index (χ0) is 21.0. The first-order chi connectivity index (χ1) is 13.8. The van der Waals surface area contributed by atoms with Crippen LogP contribution in [-0.4, -0.2) is 26.2 Å². The van der Waals surface area contributed by atoms with E-state index in [-0.39, 0.29) is 16.8 Å². The Balaban J connectivity index is 0.000000176. The van der Waals surface area contributed by atoms with Crippen LogP contribution < -0.4 is 5.73 Å². The molecule has 1 aliphatic carbocycles. The molecule has 3 aromatic rings. The molecule has 0 unspecified atom stereocenters. The van der Waals surface area contributed by atoms with E-state index in [0.29, 0.717) is 23.0 Å². The van der Waals surface area contributed by atoms with Gasteiger partial charge in [-0.05, 0) is 42.7 Å². The summed E-state index contributed by atoms with van der Waals surface area (Å²) >= 11 is 5.65. The lowest BCUT2D eigenvalue weighted by atomic mass is 10.1. The third-order valence-corrected chi connectivity index (χ3v) is 4.63. The minimum absolute atomic E-state index is 0.0231. The van der Waals surface area contributed by atoms with Crippen LogP contribution in [0.4, 0.5) is 4.39 Å². The van der Waals surface area contributed by atoms with Crippen LogP contribution in [0.3, 0.4) is 0 Å². The highest BCUT2D eigenvalue weighted by atomic mass is 35.5. The second-order valence-corrected chi connectivity index (χ2v) is 7.21. The first kappa shape index (κ1) is 20.9. The Morgan fingerprint density at radius 3 is 2.69 bits per heavy atom. The molecule has 0 spiro atoms. The van der Waals surface area contributed by atoms with E-state index in [1.54, 1.807) is 19.1 Å². The fourth-order valence-corrected chi connectivity index (χ4v) is 2.83. The molecule has 2 heterocycles. The van der Waals surface area contributed by atoms with E-state index in [9.17, 15) is 9.18 Å². The van der Waals surface area contributed by atoms with Gasteiger partial charge in [0.25, 0.3) is 0 Å². The largest absolute Gasteiger partial charge is 0.477 e. The number of hydrogen-bond donors (Lipinski definition) is 2. The van der Waals surface area contributed by atoms with Crippen LogP contribution in [0.2, 0.25) is 5.02 Å². The normalized spacial score (nSPS) is 14.1. The maximum absolute atomic E-state index is 13.0. The molecule has 1 saturated carbocycles. The molecule has 0 amide bonds. The minimum atomic E-state index is -1.11. The van der Waals surface area contributed by atoms with Gasteiger partial charge in [-0.3, -0.25) is 0 Å². The Morgan fingerprint density at radius 1 is 1.34 bits per heavy atom. The average molecular weight is 419 g/mol. The van der Waals surface area contributed by atoms with Crippen molar-refractivity contribution in [1.29, 1.82) is 0 Å². The van der Waals surface area contributed by atoms with Crippen molar-refractivity contribution >= 4 is 17.6 Å². The smallest absolute Gasteiger partial charge is 0.354 e. The van der Waals surface area contributed by atoms with E-state index in [1.807, 2.05) is 0 Å². The van der Waals surface area contributed by atoms with Crippen molar-refractivity contribution in [3.63, 3.8) is 0 Å². The number of nitrogens with two attached hydrogens (primary N) is 1. The van der Waals surface area contributed by atoms with Gasteiger partial charge in [-0.15, -0.1) is 0 Å². The lowest BCUT2D eigenvalue weighted by Crippen LogP contribution is -2.12. The van der Waals surface area contributed by atoms with Crippen LogP contribution in [0.5, 0.6) is 0 Å². The van der Waals surface area contributed by atoms with E-state index in [0.717, 1.165) is 12.3 Å². The lowest BCUT2D eigenvalue weighted by Gasteiger charge is -2.03. The predicted molar refractivity (Wildman–Crippen MR) is 105 cm³/mol. The van der Waals surface area contributed by atoms with Gasteiger partial charge in [0.05, 0.1) is 16.8 Å².